The third-order valence-corrected chi connectivity index (χ3v) is 3.17. The average molecular weight is 219 g/mol. The van der Waals surface area contributed by atoms with E-state index < -0.39 is 0 Å². The number of nitrogens with zero attached hydrogens (tertiary/aromatic N) is 2. The van der Waals surface area contributed by atoms with E-state index in [9.17, 15) is 0 Å². The van der Waals surface area contributed by atoms with Crippen LogP contribution in [0.25, 0.3) is 0 Å². The molecule has 0 aliphatic heterocycles. The molecule has 88 valence electrons. The molecule has 1 aromatic heterocycles. The molecule has 0 amide bonds. The molecular formula is C13H21N3. The van der Waals surface area contributed by atoms with Crippen LogP contribution < -0.4 is 5.32 Å². The first-order valence-electron chi connectivity index (χ1n) is 6.09. The van der Waals surface area contributed by atoms with Crippen LogP contribution in [0, 0.1) is 0 Å². The summed E-state index contributed by atoms with van der Waals surface area (Å²) in [6.07, 6.45) is 4.57. The Morgan fingerprint density at radius 1 is 1.50 bits per heavy atom. The largest absolute Gasteiger partial charge is 0.312 e. The first-order valence-corrected chi connectivity index (χ1v) is 6.09. The summed E-state index contributed by atoms with van der Waals surface area (Å²) in [4.78, 5) is 6.69. The maximum atomic E-state index is 4.35. The van der Waals surface area contributed by atoms with Crippen molar-refractivity contribution in [3.8, 4) is 0 Å². The van der Waals surface area contributed by atoms with E-state index in [1.165, 1.54) is 12.8 Å². The highest BCUT2D eigenvalue weighted by atomic mass is 15.2. The Hall–Kier alpha value is -0.930. The molecule has 1 fully saturated rings. The van der Waals surface area contributed by atoms with E-state index >= 15 is 0 Å². The van der Waals surface area contributed by atoms with Gasteiger partial charge in [-0.2, -0.15) is 0 Å². The summed E-state index contributed by atoms with van der Waals surface area (Å²) in [6, 6.07) is 7.44. The molecule has 3 heteroatoms. The van der Waals surface area contributed by atoms with Crippen LogP contribution in [0.15, 0.2) is 24.4 Å². The lowest BCUT2D eigenvalue weighted by Gasteiger charge is -2.24. The molecule has 1 heterocycles. The van der Waals surface area contributed by atoms with Crippen molar-refractivity contribution in [1.29, 1.82) is 0 Å². The fraction of sp³-hybridized carbons (Fsp3) is 0.615. The lowest BCUT2D eigenvalue weighted by Crippen LogP contribution is -2.38. The minimum absolute atomic E-state index is 0.558. The quantitative estimate of drug-likeness (QED) is 0.788. The third kappa shape index (κ3) is 3.58. The van der Waals surface area contributed by atoms with Crippen LogP contribution in [0.4, 0.5) is 0 Å². The topological polar surface area (TPSA) is 28.2 Å². The number of hydrogen-bond acceptors (Lipinski definition) is 3. The van der Waals surface area contributed by atoms with Crippen molar-refractivity contribution in [2.75, 3.05) is 13.6 Å². The van der Waals surface area contributed by atoms with E-state index in [0.717, 1.165) is 24.8 Å². The highest BCUT2D eigenvalue weighted by Gasteiger charge is 2.21. The van der Waals surface area contributed by atoms with E-state index in [-0.39, 0.29) is 0 Å². The second-order valence-electron chi connectivity index (χ2n) is 4.77. The maximum absolute atomic E-state index is 4.35. The fourth-order valence-corrected chi connectivity index (χ4v) is 1.68. The number of nitrogens with one attached hydrogen (secondary N) is 1. The Kier molecular flexibility index (Phi) is 3.91. The van der Waals surface area contributed by atoms with Crippen LogP contribution in [0.2, 0.25) is 0 Å². The van der Waals surface area contributed by atoms with Crippen LogP contribution in [-0.4, -0.2) is 35.6 Å². The highest BCUT2D eigenvalue weighted by Crippen LogP contribution is 2.18. The maximum Gasteiger partial charge on any atom is 0.0543 e. The minimum Gasteiger partial charge on any atom is -0.312 e. The molecule has 3 nitrogen and oxygen atoms in total. The number of rotatable bonds is 6. The van der Waals surface area contributed by atoms with Gasteiger partial charge in [0.15, 0.2) is 0 Å². The summed E-state index contributed by atoms with van der Waals surface area (Å²) in [5, 5.41) is 3.56. The molecule has 2 rings (SSSR count). The average Bonchev–Trinajstić information content (AvgIpc) is 3.11. The van der Waals surface area contributed by atoms with Crippen molar-refractivity contribution in [3.63, 3.8) is 0 Å². The van der Waals surface area contributed by atoms with E-state index in [1.807, 2.05) is 18.3 Å². The zero-order valence-electron chi connectivity index (χ0n) is 10.2. The molecule has 1 saturated carbocycles. The standard InChI is InChI=1S/C13H21N3/c1-11(9-15-12-6-7-12)16(2)10-13-5-3-4-8-14-13/h3-5,8,11-12,15H,6-7,9-10H2,1-2H3. The summed E-state index contributed by atoms with van der Waals surface area (Å²) < 4.78 is 0. The predicted octanol–water partition coefficient (Wildman–Crippen LogP) is 1.65. The molecule has 0 saturated heterocycles. The first-order chi connectivity index (χ1) is 7.75. The molecule has 1 N–H and O–H groups in total. The second kappa shape index (κ2) is 5.41. The van der Waals surface area contributed by atoms with Crippen molar-refractivity contribution in [3.05, 3.63) is 30.1 Å². The number of likely N-dealkylation sites (N-methyl/N-ethyl adjacent to an activating group) is 1. The van der Waals surface area contributed by atoms with Crippen molar-refractivity contribution in [1.82, 2.24) is 15.2 Å². The van der Waals surface area contributed by atoms with Gasteiger partial charge < -0.3 is 5.32 Å². The van der Waals surface area contributed by atoms with Gasteiger partial charge in [0.1, 0.15) is 0 Å². The minimum atomic E-state index is 0.558. The Labute approximate surface area is 97.9 Å². The van der Waals surface area contributed by atoms with Gasteiger partial charge in [0.05, 0.1) is 5.69 Å². The zero-order valence-corrected chi connectivity index (χ0v) is 10.2. The molecule has 1 atom stereocenters. The lowest BCUT2D eigenvalue weighted by atomic mass is 10.2. The van der Waals surface area contributed by atoms with Crippen LogP contribution in [-0.2, 0) is 6.54 Å². The van der Waals surface area contributed by atoms with Crippen molar-refractivity contribution in [2.24, 2.45) is 0 Å². The summed E-state index contributed by atoms with van der Waals surface area (Å²) in [5.74, 6) is 0. The number of hydrogen-bond donors (Lipinski definition) is 1. The van der Waals surface area contributed by atoms with Gasteiger partial charge in [0, 0.05) is 31.4 Å². The zero-order chi connectivity index (χ0) is 11.4. The molecular weight excluding hydrogens is 198 g/mol. The van der Waals surface area contributed by atoms with Gasteiger partial charge in [-0.3, -0.25) is 9.88 Å². The fourth-order valence-electron chi connectivity index (χ4n) is 1.68. The Morgan fingerprint density at radius 3 is 2.94 bits per heavy atom. The Morgan fingerprint density at radius 2 is 2.31 bits per heavy atom. The van der Waals surface area contributed by atoms with Gasteiger partial charge in [0.2, 0.25) is 0 Å². The second-order valence-corrected chi connectivity index (χ2v) is 4.77. The smallest absolute Gasteiger partial charge is 0.0543 e. The normalized spacial score (nSPS) is 17.7. The summed E-state index contributed by atoms with van der Waals surface area (Å²) >= 11 is 0. The molecule has 1 aliphatic carbocycles. The molecule has 1 aliphatic rings. The Bertz CT molecular complexity index is 308. The molecule has 1 unspecified atom stereocenters. The number of pyridine rings is 1. The molecule has 0 bridgehead atoms. The first kappa shape index (κ1) is 11.6. The van der Waals surface area contributed by atoms with E-state index in [4.69, 9.17) is 0 Å². The van der Waals surface area contributed by atoms with Crippen molar-refractivity contribution >= 4 is 0 Å². The van der Waals surface area contributed by atoms with E-state index in [1.54, 1.807) is 0 Å². The lowest BCUT2D eigenvalue weighted by molar-refractivity contribution is 0.240. The van der Waals surface area contributed by atoms with Crippen LogP contribution in [0.1, 0.15) is 25.5 Å². The predicted molar refractivity (Wildman–Crippen MR) is 66.2 cm³/mol. The molecule has 0 aromatic carbocycles. The van der Waals surface area contributed by atoms with Gasteiger partial charge >= 0.3 is 0 Å². The van der Waals surface area contributed by atoms with Gasteiger partial charge in [0.25, 0.3) is 0 Å². The Balaban J connectivity index is 1.75. The third-order valence-electron chi connectivity index (χ3n) is 3.17. The molecule has 0 spiro atoms. The monoisotopic (exact) mass is 219 g/mol. The summed E-state index contributed by atoms with van der Waals surface area (Å²) in [6.45, 7) is 4.26. The molecule has 16 heavy (non-hydrogen) atoms. The van der Waals surface area contributed by atoms with Crippen LogP contribution in [0.5, 0.6) is 0 Å². The molecule has 0 radical (unpaired) electrons. The summed E-state index contributed by atoms with van der Waals surface area (Å²) in [7, 11) is 2.16. The van der Waals surface area contributed by atoms with Crippen molar-refractivity contribution < 1.29 is 0 Å². The van der Waals surface area contributed by atoms with E-state index in [2.05, 4.69) is 35.2 Å². The van der Waals surface area contributed by atoms with Crippen LogP contribution >= 0.6 is 0 Å². The van der Waals surface area contributed by atoms with Gasteiger partial charge in [-0.25, -0.2) is 0 Å². The highest BCUT2D eigenvalue weighted by molar-refractivity contribution is 5.03. The number of aromatic nitrogens is 1. The SMILES string of the molecule is CC(CNC1CC1)N(C)Cc1ccccn1. The van der Waals surface area contributed by atoms with E-state index in [0.29, 0.717) is 6.04 Å². The summed E-state index contributed by atoms with van der Waals surface area (Å²) in [5.41, 5.74) is 1.14. The molecule has 1 aromatic rings. The van der Waals surface area contributed by atoms with Gasteiger partial charge in [-0.05, 0) is 38.9 Å². The van der Waals surface area contributed by atoms with Gasteiger partial charge in [-0.1, -0.05) is 6.07 Å². The van der Waals surface area contributed by atoms with Gasteiger partial charge in [-0.15, -0.1) is 0 Å². The van der Waals surface area contributed by atoms with Crippen LogP contribution in [0.3, 0.4) is 0 Å². The van der Waals surface area contributed by atoms with Crippen molar-refractivity contribution in [2.45, 2.75) is 38.4 Å².